The molecule has 2 heterocycles. The van der Waals surface area contributed by atoms with Gasteiger partial charge in [0.05, 0.1) is 11.7 Å². The van der Waals surface area contributed by atoms with Crippen LogP contribution in [0.1, 0.15) is 44.1 Å². The lowest BCUT2D eigenvalue weighted by atomic mass is 9.97. The van der Waals surface area contributed by atoms with E-state index in [0.29, 0.717) is 5.92 Å². The zero-order valence-electron chi connectivity index (χ0n) is 10.3. The van der Waals surface area contributed by atoms with Crippen LogP contribution in [0.2, 0.25) is 0 Å². The fourth-order valence-corrected chi connectivity index (χ4v) is 2.28. The van der Waals surface area contributed by atoms with E-state index in [4.69, 9.17) is 9.15 Å². The van der Waals surface area contributed by atoms with E-state index in [0.717, 1.165) is 24.4 Å². The molecule has 88 valence electrons. The van der Waals surface area contributed by atoms with E-state index >= 15 is 0 Å². The second kappa shape index (κ2) is 4.10. The second-order valence-electron chi connectivity index (χ2n) is 4.95. The number of ether oxygens (including phenoxy) is 1. The van der Waals surface area contributed by atoms with Crippen molar-refractivity contribution in [1.82, 2.24) is 0 Å². The summed E-state index contributed by atoms with van der Waals surface area (Å²) in [5, 5.41) is 0. The molecule has 0 radical (unpaired) electrons. The summed E-state index contributed by atoms with van der Waals surface area (Å²) in [6, 6.07) is 4.06. The van der Waals surface area contributed by atoms with Gasteiger partial charge in [0.15, 0.2) is 0 Å². The maximum atomic E-state index is 6.05. The van der Waals surface area contributed by atoms with Gasteiger partial charge in [-0.05, 0) is 38.8 Å². The van der Waals surface area contributed by atoms with Crippen molar-refractivity contribution >= 4 is 0 Å². The highest BCUT2D eigenvalue weighted by molar-refractivity contribution is 5.13. The van der Waals surface area contributed by atoms with Crippen LogP contribution in [0.25, 0.3) is 0 Å². The first-order valence-electron chi connectivity index (χ1n) is 5.92. The maximum absolute atomic E-state index is 6.05. The number of aryl methyl sites for hydroxylation is 1. The highest BCUT2D eigenvalue weighted by atomic mass is 16.5. The standard InChI is InChI=1S/C14H20O2/c1-5-14(4)9-8-13(16-14)11(3)12-7-6-10(2)15-12/h5-7,11,13H,1,8-9H2,2-4H3/t11-,13+,14-/m0/s1. The van der Waals surface area contributed by atoms with Crippen molar-refractivity contribution in [2.75, 3.05) is 0 Å². The molecule has 0 unspecified atom stereocenters. The van der Waals surface area contributed by atoms with Gasteiger partial charge >= 0.3 is 0 Å². The van der Waals surface area contributed by atoms with Gasteiger partial charge in [-0.15, -0.1) is 6.58 Å². The summed E-state index contributed by atoms with van der Waals surface area (Å²) in [5.74, 6) is 2.30. The largest absolute Gasteiger partial charge is 0.466 e. The Balaban J connectivity index is 2.07. The Morgan fingerprint density at radius 2 is 2.31 bits per heavy atom. The van der Waals surface area contributed by atoms with Crippen molar-refractivity contribution in [3.63, 3.8) is 0 Å². The molecule has 1 saturated heterocycles. The Kier molecular flexibility index (Phi) is 2.94. The lowest BCUT2D eigenvalue weighted by molar-refractivity contribution is -0.00806. The molecule has 1 aromatic heterocycles. The monoisotopic (exact) mass is 220 g/mol. The maximum Gasteiger partial charge on any atom is 0.109 e. The molecule has 0 saturated carbocycles. The minimum Gasteiger partial charge on any atom is -0.466 e. The van der Waals surface area contributed by atoms with Crippen LogP contribution in [0.5, 0.6) is 0 Å². The van der Waals surface area contributed by atoms with E-state index < -0.39 is 0 Å². The Hall–Kier alpha value is -1.02. The molecule has 2 nitrogen and oxygen atoms in total. The first kappa shape index (κ1) is 11.5. The third-order valence-corrected chi connectivity index (χ3v) is 3.55. The normalized spacial score (nSPS) is 31.6. The molecular weight excluding hydrogens is 200 g/mol. The lowest BCUT2D eigenvalue weighted by Gasteiger charge is -2.23. The van der Waals surface area contributed by atoms with Crippen molar-refractivity contribution in [3.05, 3.63) is 36.3 Å². The van der Waals surface area contributed by atoms with Gasteiger partial charge in [0, 0.05) is 5.92 Å². The van der Waals surface area contributed by atoms with Crippen LogP contribution in [0, 0.1) is 6.92 Å². The van der Waals surface area contributed by atoms with Gasteiger partial charge in [-0.2, -0.15) is 0 Å². The Labute approximate surface area is 97.3 Å². The number of hydrogen-bond donors (Lipinski definition) is 0. The predicted octanol–water partition coefficient (Wildman–Crippen LogP) is 3.82. The number of hydrogen-bond acceptors (Lipinski definition) is 2. The van der Waals surface area contributed by atoms with Gasteiger partial charge in [-0.1, -0.05) is 13.0 Å². The summed E-state index contributed by atoms with van der Waals surface area (Å²) in [4.78, 5) is 0. The number of furan rings is 1. The smallest absolute Gasteiger partial charge is 0.109 e. The molecule has 3 atom stereocenters. The average molecular weight is 220 g/mol. The fourth-order valence-electron chi connectivity index (χ4n) is 2.28. The quantitative estimate of drug-likeness (QED) is 0.723. The van der Waals surface area contributed by atoms with Crippen molar-refractivity contribution in [2.45, 2.75) is 51.2 Å². The molecule has 2 heteroatoms. The average Bonchev–Trinajstić information content (AvgIpc) is 2.85. The van der Waals surface area contributed by atoms with E-state index in [1.54, 1.807) is 0 Å². The van der Waals surface area contributed by atoms with Gasteiger partial charge < -0.3 is 9.15 Å². The van der Waals surface area contributed by atoms with E-state index in [2.05, 4.69) is 20.4 Å². The third kappa shape index (κ3) is 2.07. The molecule has 0 amide bonds. The molecular formula is C14H20O2. The summed E-state index contributed by atoms with van der Waals surface area (Å²) in [6.45, 7) is 10.1. The molecule has 0 aliphatic carbocycles. The molecule has 2 rings (SSSR count). The molecule has 16 heavy (non-hydrogen) atoms. The minimum absolute atomic E-state index is 0.152. The lowest BCUT2D eigenvalue weighted by Crippen LogP contribution is -2.24. The van der Waals surface area contributed by atoms with Crippen molar-refractivity contribution < 1.29 is 9.15 Å². The highest BCUT2D eigenvalue weighted by Crippen LogP contribution is 2.38. The first-order chi connectivity index (χ1) is 7.54. The SMILES string of the molecule is C=C[C@@]1(C)CC[C@H]([C@@H](C)c2ccc(C)o2)O1. The van der Waals surface area contributed by atoms with Crippen LogP contribution >= 0.6 is 0 Å². The van der Waals surface area contributed by atoms with Gasteiger partial charge in [0.2, 0.25) is 0 Å². The summed E-state index contributed by atoms with van der Waals surface area (Å²) >= 11 is 0. The van der Waals surface area contributed by atoms with Gasteiger partial charge in [0.1, 0.15) is 11.5 Å². The van der Waals surface area contributed by atoms with Gasteiger partial charge in [-0.25, -0.2) is 0 Å². The van der Waals surface area contributed by atoms with Crippen LogP contribution in [0.4, 0.5) is 0 Å². The first-order valence-corrected chi connectivity index (χ1v) is 5.92. The molecule has 1 aromatic rings. The van der Waals surface area contributed by atoms with E-state index in [1.165, 1.54) is 0 Å². The Morgan fingerprint density at radius 1 is 1.56 bits per heavy atom. The molecule has 0 bridgehead atoms. The summed E-state index contributed by atoms with van der Waals surface area (Å²) in [5.41, 5.74) is -0.152. The Morgan fingerprint density at radius 3 is 2.81 bits per heavy atom. The van der Waals surface area contributed by atoms with Crippen molar-refractivity contribution in [1.29, 1.82) is 0 Å². The molecule has 1 aliphatic rings. The molecule has 0 aromatic carbocycles. The van der Waals surface area contributed by atoms with Crippen molar-refractivity contribution in [3.8, 4) is 0 Å². The fraction of sp³-hybridized carbons (Fsp3) is 0.571. The zero-order valence-corrected chi connectivity index (χ0v) is 10.3. The van der Waals surface area contributed by atoms with Crippen LogP contribution in [-0.4, -0.2) is 11.7 Å². The summed E-state index contributed by atoms with van der Waals surface area (Å²) in [7, 11) is 0. The van der Waals surface area contributed by atoms with Crippen LogP contribution in [0.15, 0.2) is 29.2 Å². The van der Waals surface area contributed by atoms with E-state index in [-0.39, 0.29) is 11.7 Å². The topological polar surface area (TPSA) is 22.4 Å². The Bertz CT molecular complexity index is 380. The van der Waals surface area contributed by atoms with Gasteiger partial charge in [-0.3, -0.25) is 0 Å². The summed E-state index contributed by atoms with van der Waals surface area (Å²) in [6.07, 6.45) is 4.27. The molecule has 0 N–H and O–H groups in total. The zero-order chi connectivity index (χ0) is 11.8. The third-order valence-electron chi connectivity index (χ3n) is 3.55. The summed E-state index contributed by atoms with van der Waals surface area (Å²) < 4.78 is 11.7. The molecule has 0 spiro atoms. The predicted molar refractivity (Wildman–Crippen MR) is 64.6 cm³/mol. The van der Waals surface area contributed by atoms with Crippen LogP contribution < -0.4 is 0 Å². The van der Waals surface area contributed by atoms with Crippen LogP contribution in [0.3, 0.4) is 0 Å². The van der Waals surface area contributed by atoms with E-state index in [1.807, 2.05) is 25.1 Å². The van der Waals surface area contributed by atoms with Crippen LogP contribution in [-0.2, 0) is 4.74 Å². The molecule has 1 aliphatic heterocycles. The van der Waals surface area contributed by atoms with E-state index in [9.17, 15) is 0 Å². The highest BCUT2D eigenvalue weighted by Gasteiger charge is 2.37. The number of rotatable bonds is 3. The minimum atomic E-state index is -0.152. The second-order valence-corrected chi connectivity index (χ2v) is 4.95. The van der Waals surface area contributed by atoms with Gasteiger partial charge in [0.25, 0.3) is 0 Å². The van der Waals surface area contributed by atoms with Crippen molar-refractivity contribution in [2.24, 2.45) is 0 Å². The molecule has 1 fully saturated rings.